The fourth-order valence-corrected chi connectivity index (χ4v) is 7.68. The van der Waals surface area contributed by atoms with Crippen molar-refractivity contribution in [1.82, 2.24) is 28.3 Å². The highest BCUT2D eigenvalue weighted by molar-refractivity contribution is 6.58. The van der Waals surface area contributed by atoms with Gasteiger partial charge in [0.2, 0.25) is 0 Å². The van der Waals surface area contributed by atoms with Crippen molar-refractivity contribution in [3.63, 3.8) is 0 Å². The predicted octanol–water partition coefficient (Wildman–Crippen LogP) is 4.16. The fraction of sp³-hybridized carbons (Fsp3) is 0.444. The lowest BCUT2D eigenvalue weighted by Gasteiger charge is -2.39. The van der Waals surface area contributed by atoms with E-state index in [1.807, 2.05) is 29.8 Å². The molecule has 1 aliphatic heterocycles. The molecule has 0 N–H and O–H groups in total. The van der Waals surface area contributed by atoms with Crippen LogP contribution in [-0.4, -0.2) is 57.1 Å². The molecule has 205 valence electrons. The topological polar surface area (TPSA) is 69.6 Å². The van der Waals surface area contributed by atoms with Gasteiger partial charge in [0.25, 0.3) is 0 Å². The van der Waals surface area contributed by atoms with Gasteiger partial charge < -0.3 is 13.9 Å². The lowest BCUT2D eigenvalue weighted by atomic mass is 9.72. The maximum absolute atomic E-state index is 14.2. The molecule has 1 aliphatic carbocycles. The second-order valence-electron chi connectivity index (χ2n) is 10.5. The van der Waals surface area contributed by atoms with Crippen LogP contribution in [0.5, 0.6) is 0 Å². The number of aryl methyl sites for hydroxylation is 1. The zero-order valence-electron chi connectivity index (χ0n) is 21.9. The van der Waals surface area contributed by atoms with Gasteiger partial charge in [-0.15, -0.1) is 10.2 Å². The second-order valence-corrected chi connectivity index (χ2v) is 13.1. The first-order valence-electron chi connectivity index (χ1n) is 13.1. The summed E-state index contributed by atoms with van der Waals surface area (Å²) >= 11 is 0. The molecule has 1 aromatic carbocycles. The molecule has 2 fully saturated rings. The Hall–Kier alpha value is -3.22. The van der Waals surface area contributed by atoms with Crippen LogP contribution < -0.4 is 5.69 Å². The van der Waals surface area contributed by atoms with Crippen LogP contribution in [0.15, 0.2) is 53.8 Å². The van der Waals surface area contributed by atoms with Crippen LogP contribution in [0.2, 0.25) is 6.04 Å². The van der Waals surface area contributed by atoms with Gasteiger partial charge in [0.05, 0.1) is 23.0 Å². The van der Waals surface area contributed by atoms with Gasteiger partial charge in [0.1, 0.15) is 12.2 Å². The second kappa shape index (κ2) is 10.1. The van der Waals surface area contributed by atoms with E-state index in [0.717, 1.165) is 47.6 Å². The lowest BCUT2D eigenvalue weighted by molar-refractivity contribution is -0.136. The Bertz CT molecular complexity index is 1560. The molecule has 6 rings (SSSR count). The summed E-state index contributed by atoms with van der Waals surface area (Å²) in [6.45, 7) is 1.19. The summed E-state index contributed by atoms with van der Waals surface area (Å²) in [6, 6.07) is 9.71. The molecule has 4 aromatic rings. The number of hydrogen-bond acceptors (Lipinski definition) is 5. The maximum Gasteiger partial charge on any atom is 0.418 e. The summed E-state index contributed by atoms with van der Waals surface area (Å²) in [7, 11) is 2.65. The summed E-state index contributed by atoms with van der Waals surface area (Å²) in [5.74, 6) is 1.24. The number of hydrogen-bond donors (Lipinski definition) is 0. The van der Waals surface area contributed by atoms with Gasteiger partial charge in [0, 0.05) is 39.0 Å². The van der Waals surface area contributed by atoms with Crippen molar-refractivity contribution in [2.75, 3.05) is 19.9 Å². The third-order valence-electron chi connectivity index (χ3n) is 8.08. The minimum Gasteiger partial charge on any atom is -0.387 e. The van der Waals surface area contributed by atoms with Crippen LogP contribution in [0.25, 0.3) is 11.2 Å². The van der Waals surface area contributed by atoms with E-state index in [-0.39, 0.29) is 11.4 Å². The van der Waals surface area contributed by atoms with E-state index in [0.29, 0.717) is 29.9 Å². The van der Waals surface area contributed by atoms with E-state index in [4.69, 9.17) is 4.74 Å². The van der Waals surface area contributed by atoms with E-state index in [2.05, 4.69) is 14.8 Å². The van der Waals surface area contributed by atoms with Gasteiger partial charge in [-0.2, -0.15) is 13.2 Å². The number of fused-ring (bicyclic) bond motifs is 1. The molecule has 0 unspecified atom stereocenters. The van der Waals surface area contributed by atoms with Crippen molar-refractivity contribution in [2.24, 2.45) is 13.0 Å². The van der Waals surface area contributed by atoms with Crippen molar-refractivity contribution >= 4 is 14.5 Å². The van der Waals surface area contributed by atoms with Crippen LogP contribution in [0, 0.1) is 5.92 Å². The number of pyridine rings is 1. The highest BCUT2D eigenvalue weighted by atomic mass is 28.3. The molecule has 8 nitrogen and oxygen atoms in total. The fourth-order valence-electron chi connectivity index (χ4n) is 5.76. The highest BCUT2D eigenvalue weighted by Gasteiger charge is 2.36. The summed E-state index contributed by atoms with van der Waals surface area (Å²) < 4.78 is 54.4. The zero-order valence-corrected chi connectivity index (χ0v) is 22.9. The Morgan fingerprint density at radius 2 is 2.03 bits per heavy atom. The Balaban J connectivity index is 1.42. The Labute approximate surface area is 225 Å². The van der Waals surface area contributed by atoms with Crippen LogP contribution in [0.1, 0.15) is 47.7 Å². The molecule has 1 atom stereocenters. The number of imidazole rings is 1. The van der Waals surface area contributed by atoms with Gasteiger partial charge in [-0.05, 0) is 60.7 Å². The Kier molecular flexibility index (Phi) is 6.72. The maximum atomic E-state index is 14.2. The molecule has 3 aromatic heterocycles. The number of ether oxygens (including phenoxy) is 1. The number of halogens is 3. The molecule has 4 heterocycles. The molecule has 1 radical (unpaired) electrons. The summed E-state index contributed by atoms with van der Waals surface area (Å²) in [5, 5.41) is 8.41. The van der Waals surface area contributed by atoms with E-state index >= 15 is 0 Å². The van der Waals surface area contributed by atoms with Crippen LogP contribution in [0.3, 0.4) is 0 Å². The van der Waals surface area contributed by atoms with Crippen molar-refractivity contribution in [1.29, 1.82) is 0 Å². The Morgan fingerprint density at radius 3 is 2.64 bits per heavy atom. The summed E-state index contributed by atoms with van der Waals surface area (Å²) in [4.78, 5) is 13.6. The average molecular weight is 556 g/mol. The zero-order chi connectivity index (χ0) is 27.3. The molecule has 12 heteroatoms. The minimum absolute atomic E-state index is 0.00380. The van der Waals surface area contributed by atoms with E-state index in [1.165, 1.54) is 16.8 Å². The summed E-state index contributed by atoms with van der Waals surface area (Å²) in [5.41, 5.74) is 0.470. The van der Waals surface area contributed by atoms with Gasteiger partial charge >= 0.3 is 11.9 Å². The predicted molar refractivity (Wildman–Crippen MR) is 141 cm³/mol. The minimum atomic E-state index is -4.60. The van der Waals surface area contributed by atoms with Crippen molar-refractivity contribution < 1.29 is 17.9 Å². The standard InChI is InChI=1S/C27H30F3N6O2Si/c1-33-16-31-32-25(33)24(19-5-3-6-19)20-7-4-8-21(12-20)35-15-23-22(27(28,29)30)11-18(14-36(23)26(35)37)13-34-9-10-39(34)17-38-2/h4,7-8,11-12,14-16,19,24H,3,5-6,9-10,13,17H2,1-2H3/t24-/m1/s1. The van der Waals surface area contributed by atoms with Crippen LogP contribution >= 0.6 is 0 Å². The number of rotatable bonds is 8. The third-order valence-corrected chi connectivity index (χ3v) is 10.8. The smallest absolute Gasteiger partial charge is 0.387 e. The number of nitrogens with zero attached hydrogens (tertiary/aromatic N) is 6. The first-order chi connectivity index (χ1) is 18.7. The molecule has 2 aliphatic rings. The Morgan fingerprint density at radius 1 is 1.21 bits per heavy atom. The van der Waals surface area contributed by atoms with E-state index in [1.54, 1.807) is 25.7 Å². The first-order valence-corrected chi connectivity index (χ1v) is 15.0. The van der Waals surface area contributed by atoms with Gasteiger partial charge in [0.15, 0.2) is 8.96 Å². The highest BCUT2D eigenvalue weighted by Crippen LogP contribution is 2.43. The molecular formula is C27H30F3N6O2Si. The van der Waals surface area contributed by atoms with E-state index in [9.17, 15) is 18.0 Å². The van der Waals surface area contributed by atoms with Crippen molar-refractivity contribution in [3.05, 3.63) is 82.1 Å². The monoisotopic (exact) mass is 555 g/mol. The molecule has 39 heavy (non-hydrogen) atoms. The first kappa shape index (κ1) is 26.0. The van der Waals surface area contributed by atoms with Crippen LogP contribution in [-0.2, 0) is 24.5 Å². The van der Waals surface area contributed by atoms with Gasteiger partial charge in [-0.3, -0.25) is 8.97 Å². The number of alkyl halides is 3. The average Bonchev–Trinajstić information content (AvgIpc) is 3.44. The number of methoxy groups -OCH3 is 1. The van der Waals surface area contributed by atoms with E-state index < -0.39 is 26.4 Å². The van der Waals surface area contributed by atoms with Crippen molar-refractivity contribution in [2.45, 2.75) is 43.9 Å². The number of benzene rings is 1. The molecular weight excluding hydrogens is 525 g/mol. The van der Waals surface area contributed by atoms with Crippen LogP contribution in [0.4, 0.5) is 13.2 Å². The van der Waals surface area contributed by atoms with Gasteiger partial charge in [-0.1, -0.05) is 18.6 Å². The normalized spacial score (nSPS) is 17.9. The largest absolute Gasteiger partial charge is 0.418 e. The molecule has 0 bridgehead atoms. The van der Waals surface area contributed by atoms with Gasteiger partial charge in [-0.25, -0.2) is 4.79 Å². The third kappa shape index (κ3) is 4.74. The summed E-state index contributed by atoms with van der Waals surface area (Å²) in [6.07, 6.45) is 3.84. The molecule has 0 amide bonds. The molecule has 1 saturated heterocycles. The number of aromatic nitrogens is 5. The molecule has 0 spiro atoms. The SMILES string of the molecule is COC[Si]1CCN1Cc1cc(C(F)(F)F)c2cn(-c3cccc([C@H](c4nncn4C)C4CCC4)c3)c(=O)n2c1. The molecule has 1 saturated carbocycles. The quantitative estimate of drug-likeness (QED) is 0.306. The van der Waals surface area contributed by atoms with Crippen molar-refractivity contribution in [3.8, 4) is 5.69 Å². The lowest BCUT2D eigenvalue weighted by Crippen LogP contribution is -2.53.